The maximum absolute atomic E-state index is 12.4. The van der Waals surface area contributed by atoms with E-state index in [-0.39, 0.29) is 12.2 Å². The van der Waals surface area contributed by atoms with Gasteiger partial charge in [0.1, 0.15) is 0 Å². The van der Waals surface area contributed by atoms with Crippen molar-refractivity contribution >= 4 is 17.7 Å². The maximum atomic E-state index is 12.4. The maximum Gasteiger partial charge on any atom is 0.241 e. The first-order valence-corrected chi connectivity index (χ1v) is 7.97. The van der Waals surface area contributed by atoms with Gasteiger partial charge in [-0.3, -0.25) is 10.1 Å². The monoisotopic (exact) mass is 258 g/mol. The van der Waals surface area contributed by atoms with Crippen LogP contribution in [0.15, 0.2) is 0 Å². The third kappa shape index (κ3) is 3.62. The zero-order valence-electron chi connectivity index (χ0n) is 11.7. The molecular weight excluding hydrogens is 232 g/mol. The summed E-state index contributed by atoms with van der Waals surface area (Å²) in [5.74, 6) is 1.89. The van der Waals surface area contributed by atoms with Gasteiger partial charge in [-0.1, -0.05) is 20.8 Å². The third-order valence-electron chi connectivity index (χ3n) is 3.34. The Morgan fingerprint density at radius 1 is 1.47 bits per heavy atom. The standard InChI is InChI=1S/C13H26N2OS/c1-6-11(8-17-5)15-10(4)14-12(13(15)16)7-9(2)3/h9-12,14H,6-8H2,1-5H3. The molecule has 1 amide bonds. The number of rotatable bonds is 6. The van der Waals surface area contributed by atoms with Crippen LogP contribution in [0.2, 0.25) is 0 Å². The molecular formula is C13H26N2OS. The fourth-order valence-electron chi connectivity index (χ4n) is 2.54. The van der Waals surface area contributed by atoms with E-state index < -0.39 is 0 Å². The molecule has 1 N–H and O–H groups in total. The molecule has 0 aliphatic carbocycles. The van der Waals surface area contributed by atoms with Gasteiger partial charge in [-0.05, 0) is 31.9 Å². The smallest absolute Gasteiger partial charge is 0.241 e. The highest BCUT2D eigenvalue weighted by Crippen LogP contribution is 2.22. The molecule has 3 atom stereocenters. The molecule has 0 aromatic heterocycles. The van der Waals surface area contributed by atoms with Gasteiger partial charge >= 0.3 is 0 Å². The molecule has 17 heavy (non-hydrogen) atoms. The zero-order chi connectivity index (χ0) is 13.0. The van der Waals surface area contributed by atoms with Crippen LogP contribution in [0.4, 0.5) is 0 Å². The van der Waals surface area contributed by atoms with Gasteiger partial charge in [0.15, 0.2) is 0 Å². The van der Waals surface area contributed by atoms with Crippen LogP contribution in [-0.2, 0) is 4.79 Å². The van der Waals surface area contributed by atoms with Crippen LogP contribution in [0.1, 0.15) is 40.5 Å². The Kier molecular flexibility index (Phi) is 5.80. The lowest BCUT2D eigenvalue weighted by molar-refractivity contribution is -0.131. The molecule has 1 saturated heterocycles. The van der Waals surface area contributed by atoms with Crippen molar-refractivity contribution in [3.05, 3.63) is 0 Å². The molecule has 1 aliphatic heterocycles. The Morgan fingerprint density at radius 2 is 2.12 bits per heavy atom. The van der Waals surface area contributed by atoms with Gasteiger partial charge in [0.2, 0.25) is 5.91 Å². The molecule has 0 saturated carbocycles. The minimum Gasteiger partial charge on any atom is -0.322 e. The molecule has 0 radical (unpaired) electrons. The molecule has 1 heterocycles. The predicted molar refractivity (Wildman–Crippen MR) is 75.1 cm³/mol. The highest BCUT2D eigenvalue weighted by Gasteiger charge is 2.39. The van der Waals surface area contributed by atoms with E-state index in [2.05, 4.69) is 44.2 Å². The summed E-state index contributed by atoms with van der Waals surface area (Å²) in [4.78, 5) is 14.4. The summed E-state index contributed by atoms with van der Waals surface area (Å²) in [6.07, 6.45) is 4.26. The normalized spacial score (nSPS) is 26.9. The first kappa shape index (κ1) is 14.8. The Morgan fingerprint density at radius 3 is 2.59 bits per heavy atom. The van der Waals surface area contributed by atoms with E-state index in [9.17, 15) is 4.79 Å². The van der Waals surface area contributed by atoms with Crippen molar-refractivity contribution in [2.45, 2.75) is 58.8 Å². The molecule has 3 unspecified atom stereocenters. The van der Waals surface area contributed by atoms with Crippen LogP contribution < -0.4 is 5.32 Å². The minimum atomic E-state index is 0.0286. The average Bonchev–Trinajstić information content (AvgIpc) is 2.51. The summed E-state index contributed by atoms with van der Waals surface area (Å²) < 4.78 is 0. The summed E-state index contributed by atoms with van der Waals surface area (Å²) in [5.41, 5.74) is 0. The van der Waals surface area contributed by atoms with Crippen molar-refractivity contribution in [2.24, 2.45) is 5.92 Å². The number of nitrogens with zero attached hydrogens (tertiary/aromatic N) is 1. The van der Waals surface area contributed by atoms with Gasteiger partial charge in [0.05, 0.1) is 12.2 Å². The van der Waals surface area contributed by atoms with Gasteiger partial charge in [0.25, 0.3) is 0 Å². The van der Waals surface area contributed by atoms with Crippen molar-refractivity contribution in [2.75, 3.05) is 12.0 Å². The van der Waals surface area contributed by atoms with E-state index >= 15 is 0 Å². The Hall–Kier alpha value is -0.220. The molecule has 100 valence electrons. The Bertz CT molecular complexity index is 258. The largest absolute Gasteiger partial charge is 0.322 e. The van der Waals surface area contributed by atoms with Crippen molar-refractivity contribution in [1.29, 1.82) is 0 Å². The van der Waals surface area contributed by atoms with Crippen molar-refractivity contribution < 1.29 is 4.79 Å². The van der Waals surface area contributed by atoms with E-state index in [1.54, 1.807) is 0 Å². The van der Waals surface area contributed by atoms with Crippen molar-refractivity contribution in [3.8, 4) is 0 Å². The lowest BCUT2D eigenvalue weighted by Gasteiger charge is -2.30. The molecule has 1 fully saturated rings. The van der Waals surface area contributed by atoms with Crippen molar-refractivity contribution in [3.63, 3.8) is 0 Å². The van der Waals surface area contributed by atoms with Gasteiger partial charge in [-0.15, -0.1) is 0 Å². The highest BCUT2D eigenvalue weighted by molar-refractivity contribution is 7.98. The van der Waals surface area contributed by atoms with Crippen LogP contribution >= 0.6 is 11.8 Å². The molecule has 0 aromatic rings. The van der Waals surface area contributed by atoms with E-state index in [1.807, 2.05) is 11.8 Å². The summed E-state index contributed by atoms with van der Waals surface area (Å²) in [6, 6.07) is 0.401. The first-order chi connectivity index (χ1) is 8.01. The zero-order valence-corrected chi connectivity index (χ0v) is 12.5. The number of nitrogens with one attached hydrogen (secondary N) is 1. The number of carbonyl (C=O) groups excluding carboxylic acids is 1. The second kappa shape index (κ2) is 6.64. The molecule has 0 aromatic carbocycles. The van der Waals surface area contributed by atoms with Gasteiger partial charge < -0.3 is 4.90 Å². The molecule has 0 bridgehead atoms. The Balaban J connectivity index is 2.69. The Labute approximate surface area is 110 Å². The van der Waals surface area contributed by atoms with Crippen LogP contribution in [-0.4, -0.2) is 41.1 Å². The lowest BCUT2D eigenvalue weighted by Crippen LogP contribution is -2.44. The molecule has 1 rings (SSSR count). The van der Waals surface area contributed by atoms with Crippen LogP contribution in [0.3, 0.4) is 0 Å². The molecule has 3 nitrogen and oxygen atoms in total. The van der Waals surface area contributed by atoms with E-state index in [0.29, 0.717) is 17.9 Å². The number of hydrogen-bond acceptors (Lipinski definition) is 3. The fraction of sp³-hybridized carbons (Fsp3) is 0.923. The number of carbonyl (C=O) groups is 1. The lowest BCUT2D eigenvalue weighted by atomic mass is 10.0. The van der Waals surface area contributed by atoms with Gasteiger partial charge in [-0.2, -0.15) is 11.8 Å². The number of hydrogen-bond donors (Lipinski definition) is 1. The minimum absolute atomic E-state index is 0.0286. The van der Waals surface area contributed by atoms with Crippen molar-refractivity contribution in [1.82, 2.24) is 10.2 Å². The molecule has 0 spiro atoms. The summed E-state index contributed by atoms with van der Waals surface area (Å²) in [6.45, 7) is 8.60. The van der Waals surface area contributed by atoms with Crippen LogP contribution in [0, 0.1) is 5.92 Å². The second-order valence-electron chi connectivity index (χ2n) is 5.29. The van der Waals surface area contributed by atoms with E-state index in [0.717, 1.165) is 18.6 Å². The van der Waals surface area contributed by atoms with Crippen LogP contribution in [0.25, 0.3) is 0 Å². The first-order valence-electron chi connectivity index (χ1n) is 6.58. The van der Waals surface area contributed by atoms with E-state index in [4.69, 9.17) is 0 Å². The predicted octanol–water partition coefficient (Wildman–Crippen LogP) is 2.32. The van der Waals surface area contributed by atoms with Gasteiger partial charge in [0, 0.05) is 11.8 Å². The quantitative estimate of drug-likeness (QED) is 0.793. The summed E-state index contributed by atoms with van der Waals surface area (Å²) >= 11 is 1.82. The highest BCUT2D eigenvalue weighted by atomic mass is 32.2. The third-order valence-corrected chi connectivity index (χ3v) is 4.06. The molecule has 1 aliphatic rings. The number of thioether (sulfide) groups is 1. The number of amides is 1. The summed E-state index contributed by atoms with van der Waals surface area (Å²) in [5, 5.41) is 3.43. The molecule has 4 heteroatoms. The van der Waals surface area contributed by atoms with E-state index in [1.165, 1.54) is 0 Å². The SMILES string of the molecule is CCC(CSC)N1C(=O)C(CC(C)C)NC1C. The van der Waals surface area contributed by atoms with Gasteiger partial charge in [-0.25, -0.2) is 0 Å². The fourth-order valence-corrected chi connectivity index (χ4v) is 3.32. The van der Waals surface area contributed by atoms with Crippen LogP contribution in [0.5, 0.6) is 0 Å². The summed E-state index contributed by atoms with van der Waals surface area (Å²) in [7, 11) is 0. The topological polar surface area (TPSA) is 32.3 Å². The average molecular weight is 258 g/mol. The second-order valence-corrected chi connectivity index (χ2v) is 6.20.